The van der Waals surface area contributed by atoms with Gasteiger partial charge in [0.25, 0.3) is 11.5 Å². The van der Waals surface area contributed by atoms with Crippen molar-refractivity contribution >= 4 is 40.6 Å². The summed E-state index contributed by atoms with van der Waals surface area (Å²) < 4.78 is 12.3. The zero-order chi connectivity index (χ0) is 34.9. The van der Waals surface area contributed by atoms with E-state index in [9.17, 15) is 24.3 Å². The molecule has 2 aliphatic rings. The van der Waals surface area contributed by atoms with Gasteiger partial charge in [0, 0.05) is 42.2 Å². The molecule has 0 radical (unpaired) electrons. The van der Waals surface area contributed by atoms with E-state index in [-0.39, 0.29) is 47.7 Å². The largest absolute Gasteiger partial charge is 0.458 e. The summed E-state index contributed by atoms with van der Waals surface area (Å²) >= 11 is 0. The van der Waals surface area contributed by atoms with Gasteiger partial charge in [0.15, 0.2) is 11.4 Å². The molecule has 0 saturated heterocycles. The fourth-order valence-corrected chi connectivity index (χ4v) is 6.33. The molecule has 7 N–H and O–H groups in total. The van der Waals surface area contributed by atoms with Gasteiger partial charge < -0.3 is 35.5 Å². The molecule has 2 aliphatic heterocycles. The molecule has 1 atom stereocenters. The Bertz CT molecular complexity index is 2070. The number of aryl methyl sites for hydroxylation is 1. The number of ether oxygens (including phenoxy) is 2. The number of carbonyl (C=O) groups excluding carboxylic acids is 3. The van der Waals surface area contributed by atoms with Crippen LogP contribution in [0.4, 0.5) is 10.5 Å². The van der Waals surface area contributed by atoms with Gasteiger partial charge in [-0.2, -0.15) is 0 Å². The molecule has 14 heteroatoms. The first kappa shape index (κ1) is 33.3. The second-order valence-corrected chi connectivity index (χ2v) is 11.8. The van der Waals surface area contributed by atoms with Gasteiger partial charge in [-0.05, 0) is 53.8 Å². The molecule has 2 amide bonds. The fourth-order valence-electron chi connectivity index (χ4n) is 6.33. The Morgan fingerprint density at radius 2 is 1.90 bits per heavy atom. The Balaban J connectivity index is 1.14. The molecule has 14 nitrogen and oxygen atoms in total. The number of hydroxylamine groups is 1. The monoisotopic (exact) mass is 668 g/mol. The number of esters is 1. The van der Waals surface area contributed by atoms with E-state index < -0.39 is 23.6 Å². The predicted molar refractivity (Wildman–Crippen MR) is 179 cm³/mol. The van der Waals surface area contributed by atoms with Gasteiger partial charge in [0.2, 0.25) is 0 Å². The van der Waals surface area contributed by atoms with Crippen LogP contribution in [0.1, 0.15) is 53.6 Å². The number of pyridine rings is 2. The van der Waals surface area contributed by atoms with Crippen molar-refractivity contribution in [3.05, 3.63) is 92.3 Å². The van der Waals surface area contributed by atoms with E-state index in [2.05, 4.69) is 10.6 Å². The molecule has 0 spiro atoms. The lowest BCUT2D eigenvalue weighted by Gasteiger charge is -2.31. The van der Waals surface area contributed by atoms with Crippen molar-refractivity contribution in [3.8, 4) is 17.1 Å². The Hall–Kier alpha value is -5.57. The van der Waals surface area contributed by atoms with E-state index in [0.29, 0.717) is 48.3 Å². The molecule has 0 aliphatic carbocycles. The van der Waals surface area contributed by atoms with Crippen LogP contribution in [0.3, 0.4) is 0 Å². The van der Waals surface area contributed by atoms with Gasteiger partial charge in [-0.15, -0.1) is 0 Å². The normalized spacial score (nSPS) is 16.2. The van der Waals surface area contributed by atoms with Crippen LogP contribution in [0.15, 0.2) is 53.3 Å². The molecule has 0 fully saturated rings. The van der Waals surface area contributed by atoms with Gasteiger partial charge in [0.05, 0.1) is 34.7 Å². The van der Waals surface area contributed by atoms with Crippen molar-refractivity contribution < 1.29 is 34.2 Å². The van der Waals surface area contributed by atoms with Crippen LogP contribution >= 0.6 is 0 Å². The van der Waals surface area contributed by atoms with E-state index >= 15 is 0 Å². The maximum atomic E-state index is 13.6. The summed E-state index contributed by atoms with van der Waals surface area (Å²) in [6.07, 6.45) is 2.73. The molecular weight excluding hydrogens is 632 g/mol. The Labute approximate surface area is 280 Å². The highest BCUT2D eigenvalue weighted by atomic mass is 16.6. The van der Waals surface area contributed by atoms with E-state index in [1.54, 1.807) is 35.8 Å². The molecule has 254 valence electrons. The second kappa shape index (κ2) is 13.5. The number of hydrogen-bond acceptors (Lipinski definition) is 11. The number of amides is 2. The van der Waals surface area contributed by atoms with Gasteiger partial charge in [0.1, 0.15) is 6.61 Å². The van der Waals surface area contributed by atoms with Crippen LogP contribution in [0.25, 0.3) is 28.4 Å². The SMILES string of the molecule is CCc1c2c(nc3ccc(OC(=O)NCCNCc4ccc(/C=C/C(=O)NO)cc4)c(N)c13)-c1cc3c(c(=O)n1C2)COC(=O)[C@]3(O)CC. The van der Waals surface area contributed by atoms with Crippen LogP contribution in [-0.4, -0.2) is 50.9 Å². The Morgan fingerprint density at radius 1 is 1.12 bits per heavy atom. The topological polar surface area (TPSA) is 207 Å². The molecule has 2 aromatic heterocycles. The number of fused-ring (bicyclic) bond motifs is 5. The molecule has 49 heavy (non-hydrogen) atoms. The predicted octanol–water partition coefficient (Wildman–Crippen LogP) is 2.62. The third kappa shape index (κ3) is 6.12. The number of aliphatic hydroxyl groups is 1. The first-order valence-electron chi connectivity index (χ1n) is 15.9. The molecule has 0 unspecified atom stereocenters. The van der Waals surface area contributed by atoms with Gasteiger partial charge in [-0.3, -0.25) is 14.8 Å². The second-order valence-electron chi connectivity index (χ2n) is 11.8. The molecule has 0 bridgehead atoms. The summed E-state index contributed by atoms with van der Waals surface area (Å²) in [7, 11) is 0. The van der Waals surface area contributed by atoms with Crippen LogP contribution in [0, 0.1) is 0 Å². The minimum Gasteiger partial charge on any atom is -0.458 e. The molecule has 4 heterocycles. The van der Waals surface area contributed by atoms with Gasteiger partial charge >= 0.3 is 12.1 Å². The maximum absolute atomic E-state index is 13.6. The smallest absolute Gasteiger partial charge is 0.412 e. The number of nitrogens with zero attached hydrogens (tertiary/aromatic N) is 2. The van der Waals surface area contributed by atoms with E-state index in [1.165, 1.54) is 11.6 Å². The van der Waals surface area contributed by atoms with Crippen molar-refractivity contribution in [3.63, 3.8) is 0 Å². The average Bonchev–Trinajstić information content (AvgIpc) is 3.48. The molecule has 2 aromatic carbocycles. The van der Waals surface area contributed by atoms with Crippen molar-refractivity contribution in [2.24, 2.45) is 0 Å². The number of rotatable bonds is 10. The maximum Gasteiger partial charge on any atom is 0.412 e. The summed E-state index contributed by atoms with van der Waals surface area (Å²) in [5.74, 6) is -1.22. The fraction of sp³-hybridized carbons (Fsp3) is 0.286. The van der Waals surface area contributed by atoms with Crippen LogP contribution in [0.5, 0.6) is 5.75 Å². The number of cyclic esters (lactones) is 1. The molecular formula is C35H36N6O8. The Kier molecular flexibility index (Phi) is 9.19. The van der Waals surface area contributed by atoms with E-state index in [4.69, 9.17) is 25.4 Å². The number of benzene rings is 2. The van der Waals surface area contributed by atoms with Gasteiger partial charge in [-0.1, -0.05) is 38.1 Å². The minimum atomic E-state index is -1.92. The molecule has 0 saturated carbocycles. The van der Waals surface area contributed by atoms with Crippen LogP contribution < -0.4 is 32.1 Å². The summed E-state index contributed by atoms with van der Waals surface area (Å²) in [5.41, 5.74) is 11.7. The summed E-state index contributed by atoms with van der Waals surface area (Å²) in [6, 6.07) is 12.4. The number of carbonyl (C=O) groups is 3. The van der Waals surface area contributed by atoms with Crippen molar-refractivity contribution in [1.82, 2.24) is 25.7 Å². The summed E-state index contributed by atoms with van der Waals surface area (Å²) in [4.78, 5) is 54.8. The lowest BCUT2D eigenvalue weighted by atomic mass is 9.86. The summed E-state index contributed by atoms with van der Waals surface area (Å²) in [5, 5.41) is 26.3. The average molecular weight is 669 g/mol. The highest BCUT2D eigenvalue weighted by molar-refractivity contribution is 5.99. The van der Waals surface area contributed by atoms with Crippen molar-refractivity contribution in [2.45, 2.75) is 52.0 Å². The first-order chi connectivity index (χ1) is 23.6. The standard InChI is InChI=1S/C35H36N6O8/c1-3-21-22-17-41-26(15-24-23(32(41)43)18-48-33(44)35(24,46)4-2)31(22)39-25-10-11-27(30(36)29(21)25)49-34(45)38-14-13-37-16-20-7-5-19(6-8-20)9-12-28(42)40-47/h5-12,15,37,46-47H,3-4,13-14,16-18,36H2,1-2H3,(H,38,45)(H,40,42)/b12-9+/t35-/m0/s1. The molecule has 6 rings (SSSR count). The third-order valence-corrected chi connectivity index (χ3v) is 8.94. The van der Waals surface area contributed by atoms with Crippen LogP contribution in [0.2, 0.25) is 0 Å². The van der Waals surface area contributed by atoms with E-state index in [1.807, 2.05) is 31.2 Å². The Morgan fingerprint density at radius 3 is 2.61 bits per heavy atom. The number of nitrogens with two attached hydrogens (primary N) is 1. The van der Waals surface area contributed by atoms with Gasteiger partial charge in [-0.25, -0.2) is 20.1 Å². The number of nitrogens with one attached hydrogen (secondary N) is 3. The minimum absolute atomic E-state index is 0.0493. The van der Waals surface area contributed by atoms with Crippen molar-refractivity contribution in [1.29, 1.82) is 0 Å². The third-order valence-electron chi connectivity index (χ3n) is 8.94. The zero-order valence-electron chi connectivity index (χ0n) is 27.0. The molecule has 4 aromatic rings. The highest BCUT2D eigenvalue weighted by Gasteiger charge is 2.45. The summed E-state index contributed by atoms with van der Waals surface area (Å²) in [6.45, 7) is 4.95. The van der Waals surface area contributed by atoms with Crippen molar-refractivity contribution in [2.75, 3.05) is 18.8 Å². The van der Waals surface area contributed by atoms with Crippen LogP contribution in [-0.2, 0) is 46.0 Å². The van der Waals surface area contributed by atoms with E-state index in [0.717, 1.165) is 22.3 Å². The lowest BCUT2D eigenvalue weighted by molar-refractivity contribution is -0.172. The quantitative estimate of drug-likeness (QED) is 0.0318. The number of aromatic nitrogens is 2. The number of hydrogen-bond donors (Lipinski definition) is 6. The zero-order valence-corrected chi connectivity index (χ0v) is 27.0. The highest BCUT2D eigenvalue weighted by Crippen LogP contribution is 2.42. The number of nitrogen functional groups attached to an aromatic ring is 1. The lowest BCUT2D eigenvalue weighted by Crippen LogP contribution is -2.44. The number of anilines is 1. The first-order valence-corrected chi connectivity index (χ1v) is 15.9.